The van der Waals surface area contributed by atoms with Gasteiger partial charge in [0.15, 0.2) is 0 Å². The van der Waals surface area contributed by atoms with Gasteiger partial charge in [-0.05, 0) is 71.2 Å². The SMILES string of the molecule is CNS(=O)(=O)/C(=C/c1ccc(OC)cc1OCc1cc(Br)c2occc2c1)SC. The van der Waals surface area contributed by atoms with Crippen LogP contribution in [0.3, 0.4) is 0 Å². The number of halogens is 1. The van der Waals surface area contributed by atoms with Crippen molar-refractivity contribution in [1.82, 2.24) is 4.72 Å². The number of methoxy groups -OCH3 is 1. The minimum Gasteiger partial charge on any atom is -0.497 e. The molecule has 1 N–H and O–H groups in total. The molecule has 0 aliphatic heterocycles. The van der Waals surface area contributed by atoms with Gasteiger partial charge in [-0.2, -0.15) is 0 Å². The van der Waals surface area contributed by atoms with Gasteiger partial charge in [-0.15, -0.1) is 11.8 Å². The van der Waals surface area contributed by atoms with Crippen LogP contribution in [-0.2, 0) is 16.6 Å². The van der Waals surface area contributed by atoms with Crippen LogP contribution in [0.5, 0.6) is 11.5 Å². The van der Waals surface area contributed by atoms with Crippen molar-refractivity contribution in [3.05, 3.63) is 62.5 Å². The molecular formula is C20H20BrNO5S2. The molecule has 29 heavy (non-hydrogen) atoms. The molecule has 3 aromatic rings. The van der Waals surface area contributed by atoms with Crippen LogP contribution in [0.25, 0.3) is 17.0 Å². The Morgan fingerprint density at radius 3 is 2.76 bits per heavy atom. The van der Waals surface area contributed by atoms with Gasteiger partial charge in [-0.25, -0.2) is 13.1 Å². The molecule has 0 atom stereocenters. The average molecular weight is 498 g/mol. The van der Waals surface area contributed by atoms with Gasteiger partial charge in [0, 0.05) is 17.0 Å². The molecule has 0 saturated carbocycles. The zero-order chi connectivity index (χ0) is 21.0. The Labute approximate surface area is 182 Å². The first-order chi connectivity index (χ1) is 13.9. The minimum atomic E-state index is -3.56. The van der Waals surface area contributed by atoms with Crippen LogP contribution in [0, 0.1) is 0 Å². The molecule has 0 bridgehead atoms. The second-order valence-corrected chi connectivity index (χ2v) is 9.80. The minimum absolute atomic E-state index is 0.192. The molecule has 0 radical (unpaired) electrons. The number of fused-ring (bicyclic) bond motifs is 1. The number of thioether (sulfide) groups is 1. The Morgan fingerprint density at radius 1 is 1.28 bits per heavy atom. The molecule has 0 saturated heterocycles. The fourth-order valence-corrected chi connectivity index (χ4v) is 5.17. The first-order valence-electron chi connectivity index (χ1n) is 8.53. The molecule has 0 fully saturated rings. The van der Waals surface area contributed by atoms with Crippen molar-refractivity contribution in [2.45, 2.75) is 6.61 Å². The summed E-state index contributed by atoms with van der Waals surface area (Å²) in [5, 5.41) is 0.966. The number of rotatable bonds is 8. The highest BCUT2D eigenvalue weighted by atomic mass is 79.9. The molecule has 0 amide bonds. The molecule has 1 aromatic heterocycles. The van der Waals surface area contributed by atoms with E-state index in [9.17, 15) is 8.42 Å². The maximum Gasteiger partial charge on any atom is 0.246 e. The summed E-state index contributed by atoms with van der Waals surface area (Å²) in [6.45, 7) is 0.293. The molecule has 1 heterocycles. The highest BCUT2D eigenvalue weighted by Gasteiger charge is 2.16. The van der Waals surface area contributed by atoms with Crippen molar-refractivity contribution in [3.8, 4) is 11.5 Å². The van der Waals surface area contributed by atoms with E-state index in [0.29, 0.717) is 23.7 Å². The summed E-state index contributed by atoms with van der Waals surface area (Å²) in [6.07, 6.45) is 4.93. The molecule has 2 aromatic carbocycles. The van der Waals surface area contributed by atoms with E-state index in [1.807, 2.05) is 18.2 Å². The number of sulfonamides is 1. The third-order valence-corrected chi connectivity index (χ3v) is 7.64. The van der Waals surface area contributed by atoms with Gasteiger partial charge < -0.3 is 13.9 Å². The largest absolute Gasteiger partial charge is 0.497 e. The van der Waals surface area contributed by atoms with Gasteiger partial charge in [-0.1, -0.05) is 0 Å². The van der Waals surface area contributed by atoms with Gasteiger partial charge in [0.1, 0.15) is 27.9 Å². The molecule has 6 nitrogen and oxygen atoms in total. The highest BCUT2D eigenvalue weighted by molar-refractivity contribution is 9.10. The Morgan fingerprint density at radius 2 is 2.07 bits per heavy atom. The predicted octanol–water partition coefficient (Wildman–Crippen LogP) is 4.99. The van der Waals surface area contributed by atoms with E-state index < -0.39 is 10.0 Å². The van der Waals surface area contributed by atoms with Gasteiger partial charge in [0.2, 0.25) is 10.0 Å². The van der Waals surface area contributed by atoms with E-state index in [1.54, 1.807) is 43.9 Å². The van der Waals surface area contributed by atoms with Crippen molar-refractivity contribution in [2.75, 3.05) is 20.4 Å². The normalized spacial score (nSPS) is 12.3. The summed E-state index contributed by atoms with van der Waals surface area (Å²) in [5.74, 6) is 1.14. The lowest BCUT2D eigenvalue weighted by atomic mass is 10.1. The Balaban J connectivity index is 1.94. The molecular weight excluding hydrogens is 478 g/mol. The number of nitrogens with one attached hydrogen (secondary N) is 1. The highest BCUT2D eigenvalue weighted by Crippen LogP contribution is 2.32. The van der Waals surface area contributed by atoms with Crippen LogP contribution in [-0.4, -0.2) is 28.8 Å². The summed E-state index contributed by atoms with van der Waals surface area (Å²) in [6, 6.07) is 11.1. The van der Waals surface area contributed by atoms with Gasteiger partial charge in [-0.3, -0.25) is 0 Å². The van der Waals surface area contributed by atoms with Crippen molar-refractivity contribution in [3.63, 3.8) is 0 Å². The maximum atomic E-state index is 12.2. The zero-order valence-electron chi connectivity index (χ0n) is 16.1. The standard InChI is InChI=1S/C20H20BrNO5S2/c1-22-29(23,24)19(28-3)10-14-4-5-16(25-2)11-18(14)27-12-13-8-15-6-7-26-20(15)17(21)9-13/h4-11,22H,12H2,1-3H3/b19-10+. The van der Waals surface area contributed by atoms with Gasteiger partial charge >= 0.3 is 0 Å². The van der Waals surface area contributed by atoms with E-state index in [0.717, 1.165) is 32.8 Å². The molecule has 3 rings (SSSR count). The lowest BCUT2D eigenvalue weighted by Gasteiger charge is -2.13. The second kappa shape index (κ2) is 9.25. The Bertz CT molecular complexity index is 1150. The van der Waals surface area contributed by atoms with Gasteiger partial charge in [0.25, 0.3) is 0 Å². The number of ether oxygens (including phenoxy) is 2. The van der Waals surface area contributed by atoms with Crippen molar-refractivity contribution >= 4 is 54.8 Å². The van der Waals surface area contributed by atoms with Crippen LogP contribution in [0.15, 0.2) is 55.8 Å². The Hall–Kier alpha value is -1.94. The number of hydrogen-bond acceptors (Lipinski definition) is 6. The molecule has 0 spiro atoms. The topological polar surface area (TPSA) is 77.8 Å². The molecule has 154 valence electrons. The summed E-state index contributed by atoms with van der Waals surface area (Å²) < 4.78 is 44.5. The van der Waals surface area contributed by atoms with E-state index in [2.05, 4.69) is 20.7 Å². The second-order valence-electron chi connectivity index (χ2n) is 5.98. The lowest BCUT2D eigenvalue weighted by Crippen LogP contribution is -2.18. The monoisotopic (exact) mass is 497 g/mol. The summed E-state index contributed by atoms with van der Waals surface area (Å²) in [5.41, 5.74) is 2.36. The average Bonchev–Trinajstić information content (AvgIpc) is 3.20. The summed E-state index contributed by atoms with van der Waals surface area (Å²) >= 11 is 4.65. The first kappa shape index (κ1) is 21.8. The lowest BCUT2D eigenvalue weighted by molar-refractivity contribution is 0.303. The van der Waals surface area contributed by atoms with Crippen LogP contribution in [0.4, 0.5) is 0 Å². The van der Waals surface area contributed by atoms with Gasteiger partial charge in [0.05, 0.1) is 17.8 Å². The molecule has 0 unspecified atom stereocenters. The number of hydrogen-bond donors (Lipinski definition) is 1. The zero-order valence-corrected chi connectivity index (χ0v) is 19.3. The van der Waals surface area contributed by atoms with Crippen LogP contribution in [0.1, 0.15) is 11.1 Å². The third kappa shape index (κ3) is 4.98. The molecule has 0 aliphatic rings. The summed E-state index contributed by atoms with van der Waals surface area (Å²) in [7, 11) is -0.611. The predicted molar refractivity (Wildman–Crippen MR) is 121 cm³/mol. The summed E-state index contributed by atoms with van der Waals surface area (Å²) in [4.78, 5) is 0. The quantitative estimate of drug-likeness (QED) is 0.472. The van der Waals surface area contributed by atoms with Crippen LogP contribution < -0.4 is 14.2 Å². The fourth-order valence-electron chi connectivity index (χ4n) is 2.70. The Kier molecular flexibility index (Phi) is 6.94. The van der Waals surface area contributed by atoms with Crippen molar-refractivity contribution < 1.29 is 22.3 Å². The maximum absolute atomic E-state index is 12.2. The smallest absolute Gasteiger partial charge is 0.246 e. The first-order valence-corrected chi connectivity index (χ1v) is 12.0. The van der Waals surface area contributed by atoms with E-state index in [1.165, 1.54) is 7.05 Å². The van der Waals surface area contributed by atoms with E-state index in [-0.39, 0.29) is 4.24 Å². The van der Waals surface area contributed by atoms with E-state index >= 15 is 0 Å². The van der Waals surface area contributed by atoms with Crippen molar-refractivity contribution in [1.29, 1.82) is 0 Å². The van der Waals surface area contributed by atoms with E-state index in [4.69, 9.17) is 13.9 Å². The molecule has 0 aliphatic carbocycles. The van der Waals surface area contributed by atoms with Crippen LogP contribution >= 0.6 is 27.7 Å². The van der Waals surface area contributed by atoms with Crippen molar-refractivity contribution in [2.24, 2.45) is 0 Å². The molecule has 9 heteroatoms. The number of benzene rings is 2. The third-order valence-electron chi connectivity index (χ3n) is 4.19. The number of furan rings is 1. The van der Waals surface area contributed by atoms with Crippen LogP contribution in [0.2, 0.25) is 0 Å². The fraction of sp³-hybridized carbons (Fsp3) is 0.200.